The van der Waals surface area contributed by atoms with Gasteiger partial charge in [-0.05, 0) is 0 Å². The Hall–Kier alpha value is -1.09. The molecule has 0 amide bonds. The number of carbonyl (C=O) groups excluding carboxylic acids is 1. The Morgan fingerprint density at radius 2 is 2.12 bits per heavy atom. The number of rotatable bonds is 4. The lowest BCUT2D eigenvalue weighted by atomic mass is 10.1. The van der Waals surface area contributed by atoms with Crippen LogP contribution in [0.1, 0.15) is 23.7 Å². The summed E-state index contributed by atoms with van der Waals surface area (Å²) < 4.78 is 2.21. The third kappa shape index (κ3) is 2.53. The molecule has 3 heteroatoms. The first-order valence-electron chi connectivity index (χ1n) is 5.63. The van der Waals surface area contributed by atoms with E-state index in [9.17, 15) is 4.79 Å². The SMILES string of the molecule is CCC1=[N+](CC(=O)c2ccccc2)CCS1. The van der Waals surface area contributed by atoms with Gasteiger partial charge in [-0.3, -0.25) is 4.79 Å². The van der Waals surface area contributed by atoms with Crippen molar-refractivity contribution >= 4 is 22.6 Å². The van der Waals surface area contributed by atoms with E-state index >= 15 is 0 Å². The maximum Gasteiger partial charge on any atom is 0.227 e. The van der Waals surface area contributed by atoms with Gasteiger partial charge in [0, 0.05) is 12.0 Å². The van der Waals surface area contributed by atoms with Gasteiger partial charge < -0.3 is 0 Å². The molecule has 0 unspecified atom stereocenters. The minimum Gasteiger partial charge on any atom is -0.287 e. The summed E-state index contributed by atoms with van der Waals surface area (Å²) in [5.74, 6) is 1.33. The van der Waals surface area contributed by atoms with Crippen LogP contribution in [-0.2, 0) is 0 Å². The van der Waals surface area contributed by atoms with E-state index in [4.69, 9.17) is 0 Å². The number of hydrogen-bond donors (Lipinski definition) is 0. The van der Waals surface area contributed by atoms with E-state index in [2.05, 4.69) is 11.5 Å². The van der Waals surface area contributed by atoms with Crippen molar-refractivity contribution in [2.24, 2.45) is 0 Å². The number of nitrogens with zero attached hydrogens (tertiary/aromatic N) is 1. The van der Waals surface area contributed by atoms with E-state index < -0.39 is 0 Å². The summed E-state index contributed by atoms with van der Waals surface area (Å²) in [4.78, 5) is 12.0. The Labute approximate surface area is 100 Å². The zero-order valence-corrected chi connectivity index (χ0v) is 10.3. The molecular weight excluding hydrogens is 218 g/mol. The Bertz CT molecular complexity index is 411. The number of carbonyl (C=O) groups is 1. The molecule has 0 fully saturated rings. The van der Waals surface area contributed by atoms with Crippen molar-refractivity contribution in [2.75, 3.05) is 18.8 Å². The Morgan fingerprint density at radius 1 is 1.38 bits per heavy atom. The molecule has 0 saturated heterocycles. The first-order chi connectivity index (χ1) is 7.81. The van der Waals surface area contributed by atoms with Crippen LogP contribution in [0.2, 0.25) is 0 Å². The molecule has 0 N–H and O–H groups in total. The molecule has 0 spiro atoms. The van der Waals surface area contributed by atoms with Gasteiger partial charge in [0.1, 0.15) is 0 Å². The van der Waals surface area contributed by atoms with Gasteiger partial charge in [-0.2, -0.15) is 0 Å². The average Bonchev–Trinajstić information content (AvgIpc) is 2.77. The highest BCUT2D eigenvalue weighted by atomic mass is 32.2. The summed E-state index contributed by atoms with van der Waals surface area (Å²) in [5.41, 5.74) is 0.815. The highest BCUT2D eigenvalue weighted by Gasteiger charge is 2.24. The predicted octanol–water partition coefficient (Wildman–Crippen LogP) is 2.44. The van der Waals surface area contributed by atoms with Crippen LogP contribution < -0.4 is 0 Å². The summed E-state index contributed by atoms with van der Waals surface area (Å²) in [6.45, 7) is 3.68. The van der Waals surface area contributed by atoms with Crippen LogP contribution in [0, 0.1) is 0 Å². The summed E-state index contributed by atoms with van der Waals surface area (Å²) >= 11 is 1.88. The molecule has 0 aliphatic carbocycles. The summed E-state index contributed by atoms with van der Waals surface area (Å²) in [5, 5.41) is 1.35. The highest BCUT2D eigenvalue weighted by molar-refractivity contribution is 8.13. The molecular formula is C13H16NOS+. The predicted molar refractivity (Wildman–Crippen MR) is 68.5 cm³/mol. The van der Waals surface area contributed by atoms with E-state index in [1.807, 2.05) is 42.1 Å². The first kappa shape index (κ1) is 11.4. The lowest BCUT2D eigenvalue weighted by molar-refractivity contribution is -0.505. The quantitative estimate of drug-likeness (QED) is 0.589. The molecule has 84 valence electrons. The third-order valence-corrected chi connectivity index (χ3v) is 3.98. The zero-order valence-electron chi connectivity index (χ0n) is 9.48. The lowest BCUT2D eigenvalue weighted by Gasteiger charge is -2.00. The van der Waals surface area contributed by atoms with Crippen LogP contribution in [0.25, 0.3) is 0 Å². The van der Waals surface area contributed by atoms with E-state index in [0.717, 1.165) is 24.3 Å². The topological polar surface area (TPSA) is 20.1 Å². The summed E-state index contributed by atoms with van der Waals surface area (Å²) in [6, 6.07) is 9.53. The van der Waals surface area contributed by atoms with Gasteiger partial charge in [0.05, 0.1) is 5.75 Å². The number of hydrogen-bond acceptors (Lipinski definition) is 2. The molecule has 1 aromatic carbocycles. The molecule has 0 atom stereocenters. The molecule has 1 aliphatic heterocycles. The van der Waals surface area contributed by atoms with Gasteiger partial charge in [-0.15, -0.1) is 0 Å². The number of ketones is 1. The number of benzene rings is 1. The standard InChI is InChI=1S/C13H16NOS/c1-2-13-14(8-9-16-13)10-12(15)11-6-4-3-5-7-11/h3-7H,2,8-10H2,1H3/q+1. The summed E-state index contributed by atoms with van der Waals surface area (Å²) in [7, 11) is 0. The fraction of sp³-hybridized carbons (Fsp3) is 0.385. The molecule has 1 aliphatic rings. The smallest absolute Gasteiger partial charge is 0.227 e. The zero-order chi connectivity index (χ0) is 11.4. The van der Waals surface area contributed by atoms with Crippen LogP contribution in [0.15, 0.2) is 30.3 Å². The molecule has 1 heterocycles. The van der Waals surface area contributed by atoms with Crippen molar-refractivity contribution in [3.63, 3.8) is 0 Å². The Morgan fingerprint density at radius 3 is 2.81 bits per heavy atom. The molecule has 1 aromatic rings. The number of Topliss-reactive ketones (excluding diaryl/α,β-unsaturated/α-hetero) is 1. The van der Waals surface area contributed by atoms with Crippen molar-refractivity contribution in [1.29, 1.82) is 0 Å². The van der Waals surface area contributed by atoms with E-state index in [-0.39, 0.29) is 5.78 Å². The molecule has 0 radical (unpaired) electrons. The minimum atomic E-state index is 0.217. The van der Waals surface area contributed by atoms with Gasteiger partial charge in [0.25, 0.3) is 0 Å². The highest BCUT2D eigenvalue weighted by Crippen LogP contribution is 2.14. The van der Waals surface area contributed by atoms with Crippen LogP contribution in [0.3, 0.4) is 0 Å². The monoisotopic (exact) mass is 234 g/mol. The fourth-order valence-electron chi connectivity index (χ4n) is 1.87. The Kier molecular flexibility index (Phi) is 3.78. The van der Waals surface area contributed by atoms with Crippen molar-refractivity contribution < 1.29 is 9.37 Å². The molecule has 2 rings (SSSR count). The van der Waals surface area contributed by atoms with Gasteiger partial charge in [0.15, 0.2) is 6.54 Å². The van der Waals surface area contributed by atoms with Gasteiger partial charge in [-0.1, -0.05) is 49.0 Å². The average molecular weight is 234 g/mol. The van der Waals surface area contributed by atoms with Crippen molar-refractivity contribution in [2.45, 2.75) is 13.3 Å². The van der Waals surface area contributed by atoms with Crippen molar-refractivity contribution in [3.8, 4) is 0 Å². The van der Waals surface area contributed by atoms with Gasteiger partial charge in [-0.25, -0.2) is 4.58 Å². The first-order valence-corrected chi connectivity index (χ1v) is 6.61. The molecule has 16 heavy (non-hydrogen) atoms. The second-order valence-electron chi connectivity index (χ2n) is 3.81. The largest absolute Gasteiger partial charge is 0.287 e. The van der Waals surface area contributed by atoms with Gasteiger partial charge >= 0.3 is 0 Å². The maximum atomic E-state index is 12.0. The van der Waals surface area contributed by atoms with E-state index in [1.165, 1.54) is 5.04 Å². The van der Waals surface area contributed by atoms with Crippen LogP contribution >= 0.6 is 11.8 Å². The Balaban J connectivity index is 2.08. The summed E-state index contributed by atoms with van der Waals surface area (Å²) in [6.07, 6.45) is 1.03. The maximum absolute atomic E-state index is 12.0. The molecule has 0 saturated carbocycles. The lowest BCUT2D eigenvalue weighted by Crippen LogP contribution is -2.23. The third-order valence-electron chi connectivity index (χ3n) is 2.72. The van der Waals surface area contributed by atoms with E-state index in [1.54, 1.807) is 0 Å². The van der Waals surface area contributed by atoms with Crippen molar-refractivity contribution in [3.05, 3.63) is 35.9 Å². The van der Waals surface area contributed by atoms with Crippen molar-refractivity contribution in [1.82, 2.24) is 0 Å². The minimum absolute atomic E-state index is 0.217. The second-order valence-corrected chi connectivity index (χ2v) is 4.97. The fourth-order valence-corrected chi connectivity index (χ4v) is 2.96. The normalized spacial score (nSPS) is 15.6. The number of thioether (sulfide) groups is 1. The molecule has 0 bridgehead atoms. The second kappa shape index (κ2) is 5.30. The van der Waals surface area contributed by atoms with Crippen LogP contribution in [-0.4, -0.2) is 34.2 Å². The molecule has 2 nitrogen and oxygen atoms in total. The van der Waals surface area contributed by atoms with E-state index in [0.29, 0.717) is 6.54 Å². The molecule has 0 aromatic heterocycles. The van der Waals surface area contributed by atoms with Crippen LogP contribution in [0.4, 0.5) is 0 Å². The van der Waals surface area contributed by atoms with Crippen LogP contribution in [0.5, 0.6) is 0 Å². The van der Waals surface area contributed by atoms with Gasteiger partial charge in [0.2, 0.25) is 17.4 Å².